The van der Waals surface area contributed by atoms with Crippen LogP contribution in [0.2, 0.25) is 0 Å². The van der Waals surface area contributed by atoms with Crippen molar-refractivity contribution in [2.45, 2.75) is 77.7 Å². The van der Waals surface area contributed by atoms with Gasteiger partial charge >= 0.3 is 0 Å². The molecule has 4 heteroatoms. The molecule has 4 nitrogen and oxygen atoms in total. The van der Waals surface area contributed by atoms with E-state index in [1.807, 2.05) is 13.8 Å². The molecule has 21 heavy (non-hydrogen) atoms. The first-order valence-corrected chi connectivity index (χ1v) is 8.35. The summed E-state index contributed by atoms with van der Waals surface area (Å²) in [5.41, 5.74) is 0.239. The molecule has 2 aliphatic heterocycles. The Morgan fingerprint density at radius 3 is 2.62 bits per heavy atom. The monoisotopic (exact) mass is 294 g/mol. The third-order valence-electron chi connectivity index (χ3n) is 6.42. The van der Waals surface area contributed by atoms with Crippen LogP contribution >= 0.6 is 0 Å². The number of carbonyl (C=O) groups is 1. The minimum absolute atomic E-state index is 0.0405. The summed E-state index contributed by atoms with van der Waals surface area (Å²) in [7, 11) is 0. The topological polar surface area (TPSA) is 44.8 Å². The summed E-state index contributed by atoms with van der Waals surface area (Å²) in [4.78, 5) is 12.2. The van der Waals surface area contributed by atoms with Gasteiger partial charge in [-0.2, -0.15) is 0 Å². The van der Waals surface area contributed by atoms with Crippen LogP contribution in [0.15, 0.2) is 0 Å². The van der Waals surface area contributed by atoms with Gasteiger partial charge in [-0.1, -0.05) is 13.8 Å². The molecule has 0 spiro atoms. The smallest absolute Gasteiger partial charge is 0.187 e. The highest BCUT2D eigenvalue weighted by molar-refractivity contribution is 5.82. The van der Waals surface area contributed by atoms with Crippen molar-refractivity contribution in [3.05, 3.63) is 0 Å². The minimum Gasteiger partial charge on any atom is -0.346 e. The van der Waals surface area contributed by atoms with Gasteiger partial charge in [-0.05, 0) is 38.5 Å². The minimum atomic E-state index is -0.547. The van der Waals surface area contributed by atoms with E-state index < -0.39 is 5.79 Å². The van der Waals surface area contributed by atoms with Crippen LogP contribution < -0.4 is 0 Å². The van der Waals surface area contributed by atoms with E-state index in [0.29, 0.717) is 17.6 Å². The summed E-state index contributed by atoms with van der Waals surface area (Å²) in [5.74, 6) is 0.653. The number of Topliss-reactive ketones (excluding diaryl/α,β-unsaturated/α-hetero) is 1. The average molecular weight is 294 g/mol. The van der Waals surface area contributed by atoms with Gasteiger partial charge in [0.1, 0.15) is 11.9 Å². The van der Waals surface area contributed by atoms with Crippen LogP contribution in [0.25, 0.3) is 0 Å². The molecule has 0 amide bonds. The molecular formula is C17H26O4. The third kappa shape index (κ3) is 1.95. The van der Waals surface area contributed by atoms with Crippen LogP contribution in [0.3, 0.4) is 0 Å². The van der Waals surface area contributed by atoms with Crippen LogP contribution in [0.5, 0.6) is 0 Å². The summed E-state index contributed by atoms with van der Waals surface area (Å²) >= 11 is 0. The molecule has 2 heterocycles. The maximum Gasteiger partial charge on any atom is 0.187 e. The van der Waals surface area contributed by atoms with Gasteiger partial charge in [-0.3, -0.25) is 4.79 Å². The molecule has 0 aromatic heterocycles. The molecule has 4 rings (SSSR count). The molecule has 118 valence electrons. The average Bonchev–Trinajstić information content (AvgIpc) is 2.85. The molecule has 0 unspecified atom stereocenters. The fourth-order valence-electron chi connectivity index (χ4n) is 5.35. The molecule has 4 aliphatic rings. The maximum atomic E-state index is 12.2. The van der Waals surface area contributed by atoms with E-state index in [-0.39, 0.29) is 29.8 Å². The SMILES string of the molecule is C[C@@H]1C(=O)CC[C@]2(C)CC[C@H]3[C@H]4OC(C)(C)O[C@H]4O[C@@H]3[C@@H]12. The van der Waals surface area contributed by atoms with E-state index in [9.17, 15) is 4.79 Å². The first-order chi connectivity index (χ1) is 9.81. The van der Waals surface area contributed by atoms with Crippen molar-refractivity contribution in [2.75, 3.05) is 0 Å². The zero-order valence-corrected chi connectivity index (χ0v) is 13.4. The number of rotatable bonds is 0. The van der Waals surface area contributed by atoms with E-state index in [1.54, 1.807) is 0 Å². The lowest BCUT2D eigenvalue weighted by Crippen LogP contribution is -2.53. The molecule has 2 saturated carbocycles. The van der Waals surface area contributed by atoms with Crippen molar-refractivity contribution >= 4 is 5.78 Å². The summed E-state index contributed by atoms with van der Waals surface area (Å²) in [6.45, 7) is 8.34. The number of hydrogen-bond donors (Lipinski definition) is 0. The van der Waals surface area contributed by atoms with Gasteiger partial charge in [-0.15, -0.1) is 0 Å². The second kappa shape index (κ2) is 4.30. The summed E-state index contributed by atoms with van der Waals surface area (Å²) in [6.07, 6.45) is 3.95. The van der Waals surface area contributed by atoms with E-state index in [2.05, 4.69) is 13.8 Å². The molecule has 2 saturated heterocycles. The van der Waals surface area contributed by atoms with Gasteiger partial charge in [0.15, 0.2) is 12.1 Å². The van der Waals surface area contributed by atoms with E-state index in [0.717, 1.165) is 19.3 Å². The highest BCUT2D eigenvalue weighted by Crippen LogP contribution is 2.58. The first kappa shape index (κ1) is 14.2. The van der Waals surface area contributed by atoms with Crippen molar-refractivity contribution < 1.29 is 19.0 Å². The Morgan fingerprint density at radius 1 is 1.10 bits per heavy atom. The summed E-state index contributed by atoms with van der Waals surface area (Å²) in [6, 6.07) is 0. The molecule has 2 aliphatic carbocycles. The number of carbonyl (C=O) groups excluding carboxylic acids is 1. The van der Waals surface area contributed by atoms with Gasteiger partial charge < -0.3 is 14.2 Å². The first-order valence-electron chi connectivity index (χ1n) is 8.35. The highest BCUT2D eigenvalue weighted by atomic mass is 16.8. The Morgan fingerprint density at radius 2 is 1.86 bits per heavy atom. The van der Waals surface area contributed by atoms with Crippen molar-refractivity contribution in [1.82, 2.24) is 0 Å². The fraction of sp³-hybridized carbons (Fsp3) is 0.941. The van der Waals surface area contributed by atoms with Crippen molar-refractivity contribution in [2.24, 2.45) is 23.2 Å². The lowest BCUT2D eigenvalue weighted by Gasteiger charge is -2.52. The van der Waals surface area contributed by atoms with Crippen molar-refractivity contribution in [3.63, 3.8) is 0 Å². The van der Waals surface area contributed by atoms with Gasteiger partial charge in [-0.25, -0.2) is 0 Å². The quantitative estimate of drug-likeness (QED) is 0.689. The zero-order chi connectivity index (χ0) is 15.0. The third-order valence-corrected chi connectivity index (χ3v) is 6.42. The van der Waals surface area contributed by atoms with Crippen LogP contribution in [0.1, 0.15) is 53.4 Å². The normalized spacial score (nSPS) is 55.0. The molecule has 0 N–H and O–H groups in total. The summed E-state index contributed by atoms with van der Waals surface area (Å²) in [5, 5.41) is 0. The Balaban J connectivity index is 1.63. The maximum absolute atomic E-state index is 12.2. The Bertz CT molecular complexity index is 473. The van der Waals surface area contributed by atoms with Crippen LogP contribution in [0.4, 0.5) is 0 Å². The van der Waals surface area contributed by atoms with Gasteiger partial charge in [0.05, 0.1) is 6.10 Å². The van der Waals surface area contributed by atoms with E-state index in [4.69, 9.17) is 14.2 Å². The Kier molecular flexibility index (Phi) is 2.90. The van der Waals surface area contributed by atoms with Crippen molar-refractivity contribution in [1.29, 1.82) is 0 Å². The second-order valence-corrected chi connectivity index (χ2v) is 8.21. The number of ketones is 1. The molecule has 4 fully saturated rings. The molecule has 0 aromatic rings. The van der Waals surface area contributed by atoms with Crippen LogP contribution in [-0.4, -0.2) is 30.1 Å². The van der Waals surface area contributed by atoms with E-state index >= 15 is 0 Å². The predicted molar refractivity (Wildman–Crippen MR) is 76.4 cm³/mol. The Hall–Kier alpha value is -0.450. The number of ether oxygens (including phenoxy) is 3. The fourth-order valence-corrected chi connectivity index (χ4v) is 5.35. The van der Waals surface area contributed by atoms with Crippen LogP contribution in [-0.2, 0) is 19.0 Å². The standard InChI is InChI=1S/C17H26O4/c1-9-11(18)6-8-17(4)7-5-10-13(12(9)17)19-15-14(10)20-16(2,3)21-15/h9-10,12-15H,5-8H2,1-4H3/t9-,10-,12-,13+,14-,15-,17+/m1/s1. The number of fused-ring (bicyclic) bond motifs is 5. The molecule has 0 radical (unpaired) electrons. The van der Waals surface area contributed by atoms with Crippen LogP contribution in [0, 0.1) is 23.2 Å². The highest BCUT2D eigenvalue weighted by Gasteiger charge is 2.62. The van der Waals surface area contributed by atoms with Gasteiger partial charge in [0, 0.05) is 24.2 Å². The second-order valence-electron chi connectivity index (χ2n) is 8.21. The largest absolute Gasteiger partial charge is 0.346 e. The Labute approximate surface area is 126 Å². The zero-order valence-electron chi connectivity index (χ0n) is 13.4. The summed E-state index contributed by atoms with van der Waals surface area (Å²) < 4.78 is 18.3. The molecule has 7 atom stereocenters. The van der Waals surface area contributed by atoms with Gasteiger partial charge in [0.25, 0.3) is 0 Å². The predicted octanol–water partition coefficient (Wildman–Crippen LogP) is 2.89. The lowest BCUT2D eigenvalue weighted by molar-refractivity contribution is -0.231. The van der Waals surface area contributed by atoms with Gasteiger partial charge in [0.2, 0.25) is 0 Å². The lowest BCUT2D eigenvalue weighted by atomic mass is 9.53. The number of hydrogen-bond acceptors (Lipinski definition) is 4. The van der Waals surface area contributed by atoms with E-state index in [1.165, 1.54) is 6.42 Å². The molecule has 0 aromatic carbocycles. The molecule has 0 bridgehead atoms. The molecular weight excluding hydrogens is 268 g/mol. The van der Waals surface area contributed by atoms with Crippen molar-refractivity contribution in [3.8, 4) is 0 Å².